The van der Waals surface area contributed by atoms with Gasteiger partial charge in [-0.25, -0.2) is 4.39 Å². The lowest BCUT2D eigenvalue weighted by molar-refractivity contribution is 0.0345. The van der Waals surface area contributed by atoms with Crippen molar-refractivity contribution < 1.29 is 9.13 Å². The number of benzene rings is 1. The molecule has 1 fully saturated rings. The van der Waals surface area contributed by atoms with Gasteiger partial charge in [-0.2, -0.15) is 0 Å². The van der Waals surface area contributed by atoms with Crippen LogP contribution < -0.4 is 5.73 Å². The molecule has 100 valence electrons. The van der Waals surface area contributed by atoms with E-state index in [1.54, 1.807) is 6.07 Å². The first-order chi connectivity index (χ1) is 8.75. The number of nitrogens with two attached hydrogens (primary N) is 1. The summed E-state index contributed by atoms with van der Waals surface area (Å²) in [7, 11) is 0. The van der Waals surface area contributed by atoms with Crippen molar-refractivity contribution in [2.75, 3.05) is 6.61 Å². The first-order valence-corrected chi connectivity index (χ1v) is 6.88. The van der Waals surface area contributed by atoms with Crippen LogP contribution in [0.2, 0.25) is 0 Å². The second-order valence-electron chi connectivity index (χ2n) is 5.11. The molecule has 0 aromatic heterocycles. The fourth-order valence-electron chi connectivity index (χ4n) is 2.48. The van der Waals surface area contributed by atoms with Gasteiger partial charge in [0, 0.05) is 0 Å². The molecule has 2 N–H and O–H groups in total. The molecule has 2 rings (SSSR count). The maximum absolute atomic E-state index is 13.1. The monoisotopic (exact) mass is 251 g/mol. The Morgan fingerprint density at radius 3 is 2.61 bits per heavy atom. The molecule has 1 atom stereocenters. The maximum Gasteiger partial charge on any atom is 0.123 e. The number of rotatable bonds is 4. The van der Waals surface area contributed by atoms with Crippen LogP contribution in [-0.4, -0.2) is 12.7 Å². The predicted octanol–water partition coefficient (Wildman–Crippen LogP) is 3.56. The Balaban J connectivity index is 1.82. The third-order valence-corrected chi connectivity index (χ3v) is 3.59. The molecule has 0 spiro atoms. The standard InChI is InChI=1S/C15H22FNO/c16-13-7-5-6-12(10-13)15(17)11-18-14-8-3-1-2-4-9-14/h5-7,10,14-15H,1-4,8-9,11,17H2. The Hall–Kier alpha value is -0.930. The van der Waals surface area contributed by atoms with E-state index in [0.29, 0.717) is 12.7 Å². The molecular formula is C15H22FNO. The second-order valence-corrected chi connectivity index (χ2v) is 5.11. The fraction of sp³-hybridized carbons (Fsp3) is 0.600. The molecule has 3 heteroatoms. The first kappa shape index (κ1) is 13.5. The van der Waals surface area contributed by atoms with Gasteiger partial charge < -0.3 is 10.5 Å². The van der Waals surface area contributed by atoms with Crippen LogP contribution in [0.25, 0.3) is 0 Å². The van der Waals surface area contributed by atoms with Gasteiger partial charge in [0.2, 0.25) is 0 Å². The summed E-state index contributed by atoms with van der Waals surface area (Å²) in [5.41, 5.74) is 6.84. The number of halogens is 1. The number of ether oxygens (including phenoxy) is 1. The average molecular weight is 251 g/mol. The summed E-state index contributed by atoms with van der Waals surface area (Å²) in [6.45, 7) is 0.480. The molecule has 1 saturated carbocycles. The lowest BCUT2D eigenvalue weighted by Crippen LogP contribution is -2.22. The third kappa shape index (κ3) is 4.07. The maximum atomic E-state index is 13.1. The van der Waals surface area contributed by atoms with E-state index >= 15 is 0 Å². The van der Waals surface area contributed by atoms with E-state index in [2.05, 4.69) is 0 Å². The highest BCUT2D eigenvalue weighted by atomic mass is 19.1. The minimum Gasteiger partial charge on any atom is -0.376 e. The Morgan fingerprint density at radius 2 is 1.94 bits per heavy atom. The van der Waals surface area contributed by atoms with Crippen molar-refractivity contribution >= 4 is 0 Å². The summed E-state index contributed by atoms with van der Waals surface area (Å²) in [5.74, 6) is -0.239. The Bertz CT molecular complexity index is 361. The van der Waals surface area contributed by atoms with E-state index in [1.807, 2.05) is 6.07 Å². The van der Waals surface area contributed by atoms with Crippen LogP contribution >= 0.6 is 0 Å². The zero-order valence-corrected chi connectivity index (χ0v) is 10.8. The Morgan fingerprint density at radius 1 is 1.22 bits per heavy atom. The first-order valence-electron chi connectivity index (χ1n) is 6.88. The molecule has 1 aromatic rings. The molecule has 0 amide bonds. The van der Waals surface area contributed by atoms with Crippen LogP contribution in [0, 0.1) is 5.82 Å². The van der Waals surface area contributed by atoms with Gasteiger partial charge in [-0.3, -0.25) is 0 Å². The fourth-order valence-corrected chi connectivity index (χ4v) is 2.48. The van der Waals surface area contributed by atoms with E-state index in [9.17, 15) is 4.39 Å². The van der Waals surface area contributed by atoms with Gasteiger partial charge in [-0.15, -0.1) is 0 Å². The average Bonchev–Trinajstić information content (AvgIpc) is 2.64. The van der Waals surface area contributed by atoms with Crippen molar-refractivity contribution in [3.63, 3.8) is 0 Å². The smallest absolute Gasteiger partial charge is 0.123 e. The lowest BCUT2D eigenvalue weighted by Gasteiger charge is -2.19. The molecular weight excluding hydrogens is 229 g/mol. The molecule has 18 heavy (non-hydrogen) atoms. The van der Waals surface area contributed by atoms with Crippen LogP contribution in [-0.2, 0) is 4.74 Å². The van der Waals surface area contributed by atoms with Crippen LogP contribution in [0.5, 0.6) is 0 Å². The van der Waals surface area contributed by atoms with Crippen molar-refractivity contribution in [3.05, 3.63) is 35.6 Å². The molecule has 0 radical (unpaired) electrons. The van der Waals surface area contributed by atoms with E-state index < -0.39 is 0 Å². The van der Waals surface area contributed by atoms with Crippen LogP contribution in [0.3, 0.4) is 0 Å². The molecule has 1 aliphatic rings. The SMILES string of the molecule is NC(COC1CCCCCC1)c1cccc(F)c1. The van der Waals surface area contributed by atoms with Crippen molar-refractivity contribution in [1.82, 2.24) is 0 Å². The summed E-state index contributed by atoms with van der Waals surface area (Å²) >= 11 is 0. The van der Waals surface area contributed by atoms with Crippen LogP contribution in [0.15, 0.2) is 24.3 Å². The van der Waals surface area contributed by atoms with E-state index in [1.165, 1.54) is 37.8 Å². The van der Waals surface area contributed by atoms with Gasteiger partial charge in [-0.1, -0.05) is 37.8 Å². The van der Waals surface area contributed by atoms with Crippen molar-refractivity contribution in [1.29, 1.82) is 0 Å². The van der Waals surface area contributed by atoms with E-state index in [0.717, 1.165) is 18.4 Å². The van der Waals surface area contributed by atoms with Crippen molar-refractivity contribution in [2.24, 2.45) is 5.73 Å². The van der Waals surface area contributed by atoms with Gasteiger partial charge in [-0.05, 0) is 30.5 Å². The largest absolute Gasteiger partial charge is 0.376 e. The predicted molar refractivity (Wildman–Crippen MR) is 70.8 cm³/mol. The Labute approximate surface area is 108 Å². The minimum atomic E-state index is -0.239. The van der Waals surface area contributed by atoms with E-state index in [4.69, 9.17) is 10.5 Å². The normalized spacial score (nSPS) is 19.4. The molecule has 0 saturated heterocycles. The van der Waals surface area contributed by atoms with Gasteiger partial charge in [0.05, 0.1) is 18.8 Å². The second kappa shape index (κ2) is 6.86. The van der Waals surface area contributed by atoms with Crippen LogP contribution in [0.1, 0.15) is 50.1 Å². The van der Waals surface area contributed by atoms with Crippen LogP contribution in [0.4, 0.5) is 4.39 Å². The summed E-state index contributed by atoms with van der Waals surface area (Å²) in [5, 5.41) is 0. The third-order valence-electron chi connectivity index (χ3n) is 3.59. The summed E-state index contributed by atoms with van der Waals surface area (Å²) in [6, 6.07) is 6.23. The van der Waals surface area contributed by atoms with Crippen molar-refractivity contribution in [3.8, 4) is 0 Å². The number of hydrogen-bond donors (Lipinski definition) is 1. The number of hydrogen-bond acceptors (Lipinski definition) is 2. The molecule has 1 unspecified atom stereocenters. The minimum absolute atomic E-state index is 0.232. The molecule has 1 aliphatic carbocycles. The highest BCUT2D eigenvalue weighted by molar-refractivity contribution is 5.19. The van der Waals surface area contributed by atoms with E-state index in [-0.39, 0.29) is 11.9 Å². The zero-order valence-electron chi connectivity index (χ0n) is 10.8. The summed E-state index contributed by atoms with van der Waals surface area (Å²) < 4.78 is 19.0. The van der Waals surface area contributed by atoms with Gasteiger partial charge >= 0.3 is 0 Å². The molecule has 0 aliphatic heterocycles. The highest BCUT2D eigenvalue weighted by Gasteiger charge is 2.15. The molecule has 0 bridgehead atoms. The van der Waals surface area contributed by atoms with Gasteiger partial charge in [0.15, 0.2) is 0 Å². The summed E-state index contributed by atoms with van der Waals surface area (Å²) in [4.78, 5) is 0. The molecule has 0 heterocycles. The van der Waals surface area contributed by atoms with Gasteiger partial charge in [0.25, 0.3) is 0 Å². The lowest BCUT2D eigenvalue weighted by atomic mass is 10.1. The van der Waals surface area contributed by atoms with Gasteiger partial charge in [0.1, 0.15) is 5.82 Å². The highest BCUT2D eigenvalue weighted by Crippen LogP contribution is 2.21. The molecule has 1 aromatic carbocycles. The topological polar surface area (TPSA) is 35.2 Å². The molecule has 2 nitrogen and oxygen atoms in total. The summed E-state index contributed by atoms with van der Waals surface area (Å²) in [6.07, 6.45) is 7.74. The zero-order chi connectivity index (χ0) is 12.8. The Kier molecular flexibility index (Phi) is 5.14. The van der Waals surface area contributed by atoms with Crippen molar-refractivity contribution in [2.45, 2.75) is 50.7 Å². The quantitative estimate of drug-likeness (QED) is 0.830.